The second kappa shape index (κ2) is 5.67. The molecule has 18 heavy (non-hydrogen) atoms. The molecule has 1 aromatic rings. The lowest BCUT2D eigenvalue weighted by atomic mass is 10.2. The van der Waals surface area contributed by atoms with Gasteiger partial charge in [-0.05, 0) is 6.92 Å². The van der Waals surface area contributed by atoms with Crippen molar-refractivity contribution in [1.82, 2.24) is 10.2 Å². The van der Waals surface area contributed by atoms with E-state index in [4.69, 9.17) is 5.11 Å². The van der Waals surface area contributed by atoms with Gasteiger partial charge in [0.2, 0.25) is 0 Å². The van der Waals surface area contributed by atoms with E-state index in [0.717, 1.165) is 6.20 Å². The van der Waals surface area contributed by atoms with E-state index in [1.54, 1.807) is 12.0 Å². The minimum absolute atomic E-state index is 0.216. The number of nitrogens with one attached hydrogen (secondary N) is 2. The number of alkyl halides is 3. The lowest BCUT2D eigenvalue weighted by molar-refractivity contribution is -0.138. The Balaban J connectivity index is 3.07. The predicted molar refractivity (Wildman–Crippen MR) is 59.2 cm³/mol. The molecule has 5 nitrogen and oxygen atoms in total. The molecule has 0 fully saturated rings. The summed E-state index contributed by atoms with van der Waals surface area (Å²) >= 11 is 0. The molecule has 0 amide bonds. The molecule has 0 spiro atoms. The molecule has 1 atom stereocenters. The Morgan fingerprint density at radius 2 is 2.28 bits per heavy atom. The average molecular weight is 263 g/mol. The van der Waals surface area contributed by atoms with Gasteiger partial charge in [-0.1, -0.05) is 12.2 Å². The highest BCUT2D eigenvalue weighted by Gasteiger charge is 2.37. The number of aliphatic hydroxyl groups excluding tert-OH is 1. The highest BCUT2D eigenvalue weighted by Crippen LogP contribution is 2.31. The Hall–Kier alpha value is -1.83. The third-order valence-corrected chi connectivity index (χ3v) is 2.05. The van der Waals surface area contributed by atoms with Crippen molar-refractivity contribution < 1.29 is 18.3 Å². The molecule has 0 saturated carbocycles. The normalized spacial score (nSPS) is 13.8. The van der Waals surface area contributed by atoms with Crippen LogP contribution < -0.4 is 10.9 Å². The van der Waals surface area contributed by atoms with E-state index < -0.39 is 29.0 Å². The van der Waals surface area contributed by atoms with E-state index in [-0.39, 0.29) is 6.61 Å². The van der Waals surface area contributed by atoms with Crippen molar-refractivity contribution in [3.8, 4) is 0 Å². The molecule has 0 bridgehead atoms. The summed E-state index contributed by atoms with van der Waals surface area (Å²) in [5.41, 5.74) is -3.02. The number of halogens is 3. The van der Waals surface area contributed by atoms with Crippen molar-refractivity contribution in [2.24, 2.45) is 0 Å². The van der Waals surface area contributed by atoms with Crippen LogP contribution >= 0.6 is 0 Å². The molecule has 0 saturated heterocycles. The summed E-state index contributed by atoms with van der Waals surface area (Å²) in [4.78, 5) is 11.1. The van der Waals surface area contributed by atoms with Crippen LogP contribution in [-0.4, -0.2) is 28.0 Å². The van der Waals surface area contributed by atoms with E-state index in [9.17, 15) is 18.0 Å². The largest absolute Gasteiger partial charge is 0.423 e. The van der Waals surface area contributed by atoms with E-state index in [1.807, 2.05) is 0 Å². The molecule has 0 aliphatic rings. The minimum atomic E-state index is -4.76. The quantitative estimate of drug-likeness (QED) is 0.712. The van der Waals surface area contributed by atoms with Gasteiger partial charge in [-0.2, -0.15) is 18.3 Å². The summed E-state index contributed by atoms with van der Waals surface area (Å²) in [6, 6.07) is -0.484. The molecule has 1 heterocycles. The maximum atomic E-state index is 12.7. The van der Waals surface area contributed by atoms with Crippen molar-refractivity contribution >= 4 is 5.69 Å². The minimum Gasteiger partial charge on any atom is -0.392 e. The fourth-order valence-electron chi connectivity index (χ4n) is 1.35. The topological polar surface area (TPSA) is 78.0 Å². The fraction of sp³-hybridized carbons (Fsp3) is 0.400. The Bertz CT molecular complexity index is 482. The molecule has 100 valence electrons. The summed E-state index contributed by atoms with van der Waals surface area (Å²) in [5, 5.41) is 16.1. The van der Waals surface area contributed by atoms with E-state index in [1.165, 1.54) is 12.2 Å². The highest BCUT2D eigenvalue weighted by molar-refractivity contribution is 5.50. The molecule has 8 heteroatoms. The van der Waals surface area contributed by atoms with Crippen molar-refractivity contribution in [3.05, 3.63) is 34.3 Å². The summed E-state index contributed by atoms with van der Waals surface area (Å²) in [5.74, 6) is 0. The number of nitrogens with zero attached hydrogens (tertiary/aromatic N) is 1. The SMILES string of the molecule is C[C@@H](/C=C/CO)Nc1cn[nH]c(=O)c1C(F)(F)F. The molecule has 0 aliphatic carbocycles. The monoisotopic (exact) mass is 263 g/mol. The van der Waals surface area contributed by atoms with Crippen LogP contribution in [0.2, 0.25) is 0 Å². The summed E-state index contributed by atoms with van der Waals surface area (Å²) in [6.07, 6.45) is -1.01. The number of aromatic amines is 1. The first kappa shape index (κ1) is 14.2. The van der Waals surface area contributed by atoms with Crippen LogP contribution in [0.15, 0.2) is 23.1 Å². The van der Waals surface area contributed by atoms with Crippen LogP contribution in [0.1, 0.15) is 12.5 Å². The van der Waals surface area contributed by atoms with Crippen LogP contribution in [0.5, 0.6) is 0 Å². The summed E-state index contributed by atoms with van der Waals surface area (Å²) < 4.78 is 38.0. The Morgan fingerprint density at radius 1 is 1.61 bits per heavy atom. The number of rotatable bonds is 4. The van der Waals surface area contributed by atoms with Gasteiger partial charge in [-0.15, -0.1) is 0 Å². The van der Waals surface area contributed by atoms with Crippen LogP contribution in [0.25, 0.3) is 0 Å². The van der Waals surface area contributed by atoms with Gasteiger partial charge in [0.1, 0.15) is 5.56 Å². The van der Waals surface area contributed by atoms with Crippen LogP contribution in [0.4, 0.5) is 18.9 Å². The molecular formula is C10H12F3N3O2. The zero-order valence-electron chi connectivity index (χ0n) is 9.45. The number of aromatic nitrogens is 2. The van der Waals surface area contributed by atoms with Crippen molar-refractivity contribution in [2.45, 2.75) is 19.1 Å². The Kier molecular flexibility index (Phi) is 4.49. The fourth-order valence-corrected chi connectivity index (χ4v) is 1.35. The zero-order valence-corrected chi connectivity index (χ0v) is 9.45. The third-order valence-electron chi connectivity index (χ3n) is 2.05. The maximum Gasteiger partial charge on any atom is 0.423 e. The van der Waals surface area contributed by atoms with Gasteiger partial charge in [0.25, 0.3) is 5.56 Å². The van der Waals surface area contributed by atoms with E-state index >= 15 is 0 Å². The lowest BCUT2D eigenvalue weighted by Crippen LogP contribution is -2.26. The Labute approximate surface area is 100 Å². The summed E-state index contributed by atoms with van der Waals surface area (Å²) in [6.45, 7) is 1.36. The Morgan fingerprint density at radius 3 is 2.83 bits per heavy atom. The molecule has 1 rings (SSSR count). The van der Waals surface area contributed by atoms with Gasteiger partial charge in [-0.3, -0.25) is 4.79 Å². The predicted octanol–water partition coefficient (Wildman–Crippen LogP) is 1.14. The number of aliphatic hydroxyl groups is 1. The number of anilines is 1. The van der Waals surface area contributed by atoms with Crippen LogP contribution in [0, 0.1) is 0 Å². The molecular weight excluding hydrogens is 251 g/mol. The van der Waals surface area contributed by atoms with Gasteiger partial charge in [0, 0.05) is 6.04 Å². The summed E-state index contributed by atoms with van der Waals surface area (Å²) in [7, 11) is 0. The smallest absolute Gasteiger partial charge is 0.392 e. The zero-order chi connectivity index (χ0) is 13.8. The van der Waals surface area contributed by atoms with Gasteiger partial charge in [-0.25, -0.2) is 5.10 Å². The first-order chi connectivity index (χ1) is 8.36. The number of hydrogen-bond donors (Lipinski definition) is 3. The van der Waals surface area contributed by atoms with Gasteiger partial charge < -0.3 is 10.4 Å². The van der Waals surface area contributed by atoms with Crippen molar-refractivity contribution in [3.63, 3.8) is 0 Å². The van der Waals surface area contributed by atoms with E-state index in [2.05, 4.69) is 10.4 Å². The third kappa shape index (κ3) is 3.59. The molecule has 0 aromatic carbocycles. The maximum absolute atomic E-state index is 12.7. The van der Waals surface area contributed by atoms with Crippen molar-refractivity contribution in [2.75, 3.05) is 11.9 Å². The molecule has 0 unspecified atom stereocenters. The first-order valence-electron chi connectivity index (χ1n) is 5.05. The number of hydrogen-bond acceptors (Lipinski definition) is 4. The number of H-pyrrole nitrogens is 1. The van der Waals surface area contributed by atoms with Crippen LogP contribution in [0.3, 0.4) is 0 Å². The molecule has 0 aliphatic heterocycles. The van der Waals surface area contributed by atoms with Gasteiger partial charge >= 0.3 is 6.18 Å². The van der Waals surface area contributed by atoms with Crippen LogP contribution in [-0.2, 0) is 6.18 Å². The van der Waals surface area contributed by atoms with Gasteiger partial charge in [0.15, 0.2) is 0 Å². The second-order valence-corrected chi connectivity index (χ2v) is 3.53. The van der Waals surface area contributed by atoms with E-state index in [0.29, 0.717) is 0 Å². The molecule has 1 aromatic heterocycles. The lowest BCUT2D eigenvalue weighted by Gasteiger charge is -2.15. The molecule has 0 radical (unpaired) electrons. The van der Waals surface area contributed by atoms with Crippen molar-refractivity contribution in [1.29, 1.82) is 0 Å². The average Bonchev–Trinajstić information content (AvgIpc) is 2.24. The second-order valence-electron chi connectivity index (χ2n) is 3.53. The first-order valence-corrected chi connectivity index (χ1v) is 5.05. The molecule has 3 N–H and O–H groups in total. The standard InChI is InChI=1S/C10H12F3N3O2/c1-6(3-2-4-17)15-7-5-14-16-9(18)8(7)10(11,12)13/h2-3,5-6,17H,4H2,1H3,(H2,15,16,18)/b3-2+/t6-/m0/s1. The van der Waals surface area contributed by atoms with Gasteiger partial charge in [0.05, 0.1) is 18.5 Å². The highest BCUT2D eigenvalue weighted by atomic mass is 19.4.